The number of allylic oxidation sites excluding steroid dienone is 1. The average Bonchev–Trinajstić information content (AvgIpc) is 2.62. The van der Waals surface area contributed by atoms with E-state index in [1.807, 2.05) is 0 Å². The number of ether oxygens (including phenoxy) is 2. The predicted octanol–water partition coefficient (Wildman–Crippen LogP) is 3.60. The minimum Gasteiger partial charge on any atom is -0.494 e. The monoisotopic (exact) mass is 264 g/mol. The molecule has 2 unspecified atom stereocenters. The molecule has 0 heterocycles. The first-order valence-electron chi connectivity index (χ1n) is 7.13. The first-order valence-corrected chi connectivity index (χ1v) is 7.13. The second-order valence-electron chi connectivity index (χ2n) is 5.84. The molecule has 0 spiro atoms. The molecule has 0 aromatic carbocycles. The topological polar surface area (TPSA) is 35.5 Å². The van der Waals surface area contributed by atoms with E-state index < -0.39 is 0 Å². The van der Waals surface area contributed by atoms with Crippen LogP contribution in [0.4, 0.5) is 0 Å². The lowest BCUT2D eigenvalue weighted by molar-refractivity contribution is -0.153. The number of hydrogen-bond acceptors (Lipinski definition) is 3. The van der Waals surface area contributed by atoms with Crippen molar-refractivity contribution in [2.75, 3.05) is 0 Å². The van der Waals surface area contributed by atoms with E-state index >= 15 is 0 Å². The fourth-order valence-corrected chi connectivity index (χ4v) is 4.08. The van der Waals surface area contributed by atoms with E-state index in [1.54, 1.807) is 0 Å². The molecule has 2 aliphatic rings. The van der Waals surface area contributed by atoms with Gasteiger partial charge in [-0.15, -0.1) is 0 Å². The van der Waals surface area contributed by atoms with Crippen LogP contribution in [-0.4, -0.2) is 18.2 Å². The molecule has 0 aromatic heterocycles. The lowest BCUT2D eigenvalue weighted by atomic mass is 9.66. The number of carbonyl (C=O) groups is 1. The van der Waals surface area contributed by atoms with Crippen molar-refractivity contribution in [3.8, 4) is 0 Å². The Morgan fingerprint density at radius 3 is 2.84 bits per heavy atom. The molecule has 2 rings (SSSR count). The van der Waals surface area contributed by atoms with Gasteiger partial charge in [0, 0.05) is 12.8 Å². The summed E-state index contributed by atoms with van der Waals surface area (Å²) in [7, 11) is 0. The Labute approximate surface area is 115 Å². The first kappa shape index (κ1) is 14.2. The Kier molecular flexibility index (Phi) is 4.02. The normalized spacial score (nSPS) is 39.7. The average molecular weight is 264 g/mol. The summed E-state index contributed by atoms with van der Waals surface area (Å²) < 4.78 is 11.2. The largest absolute Gasteiger partial charge is 0.494 e. The summed E-state index contributed by atoms with van der Waals surface area (Å²) in [4.78, 5) is 11.3. The molecule has 3 nitrogen and oxygen atoms in total. The standard InChI is InChI=1S/C16H24O3/c1-5-12-15(18-6-2)10-13-14(19-11(3)17)8-7-9-16(12,13)4/h5-6,13-15H,2,7-10H2,1,3-4H3/b12-5+/t13?,14-,15?,16+/m0/s1. The van der Waals surface area contributed by atoms with Gasteiger partial charge in [0.25, 0.3) is 0 Å². The number of hydrogen-bond donors (Lipinski definition) is 0. The fourth-order valence-electron chi connectivity index (χ4n) is 4.08. The van der Waals surface area contributed by atoms with E-state index in [2.05, 4.69) is 26.5 Å². The van der Waals surface area contributed by atoms with Crippen LogP contribution in [0.5, 0.6) is 0 Å². The Morgan fingerprint density at radius 1 is 1.53 bits per heavy atom. The molecule has 0 bridgehead atoms. The lowest BCUT2D eigenvalue weighted by Crippen LogP contribution is -2.39. The summed E-state index contributed by atoms with van der Waals surface area (Å²) in [5, 5.41) is 0. The van der Waals surface area contributed by atoms with Gasteiger partial charge in [0.05, 0.1) is 6.26 Å². The quantitative estimate of drug-likeness (QED) is 0.444. The second-order valence-corrected chi connectivity index (χ2v) is 5.84. The SMILES string of the molecule is C=COC1CC2[C@@H](OC(C)=O)CCC[C@]2(C)/C1=C/C. The van der Waals surface area contributed by atoms with E-state index in [0.717, 1.165) is 25.7 Å². The molecular formula is C16H24O3. The van der Waals surface area contributed by atoms with Crippen molar-refractivity contribution in [1.82, 2.24) is 0 Å². The Balaban J connectivity index is 2.27. The highest BCUT2D eigenvalue weighted by Gasteiger charge is 2.53. The van der Waals surface area contributed by atoms with Crippen LogP contribution in [0, 0.1) is 11.3 Å². The molecule has 2 saturated carbocycles. The molecule has 0 N–H and O–H groups in total. The minimum absolute atomic E-state index is 0.0321. The molecule has 0 radical (unpaired) electrons. The third-order valence-electron chi connectivity index (χ3n) is 4.82. The van der Waals surface area contributed by atoms with Gasteiger partial charge >= 0.3 is 5.97 Å². The van der Waals surface area contributed by atoms with E-state index in [9.17, 15) is 4.79 Å². The van der Waals surface area contributed by atoms with Crippen molar-refractivity contribution in [2.45, 2.75) is 58.7 Å². The van der Waals surface area contributed by atoms with Crippen molar-refractivity contribution < 1.29 is 14.3 Å². The fraction of sp³-hybridized carbons (Fsp3) is 0.688. The van der Waals surface area contributed by atoms with Crippen molar-refractivity contribution in [1.29, 1.82) is 0 Å². The van der Waals surface area contributed by atoms with E-state index in [-0.39, 0.29) is 23.6 Å². The van der Waals surface area contributed by atoms with Gasteiger partial charge in [-0.25, -0.2) is 0 Å². The molecule has 0 amide bonds. The highest BCUT2D eigenvalue weighted by atomic mass is 16.5. The molecule has 2 aliphatic carbocycles. The van der Waals surface area contributed by atoms with E-state index in [4.69, 9.17) is 9.47 Å². The maximum atomic E-state index is 11.3. The number of carbonyl (C=O) groups excluding carboxylic acids is 1. The molecule has 106 valence electrons. The molecule has 4 atom stereocenters. The van der Waals surface area contributed by atoms with Crippen LogP contribution in [0.3, 0.4) is 0 Å². The summed E-state index contributed by atoms with van der Waals surface area (Å²) in [5.74, 6) is 0.186. The highest BCUT2D eigenvalue weighted by molar-refractivity contribution is 5.66. The van der Waals surface area contributed by atoms with Crippen LogP contribution in [0.1, 0.15) is 46.5 Å². The Hall–Kier alpha value is -1.25. The predicted molar refractivity (Wildman–Crippen MR) is 74.4 cm³/mol. The molecule has 0 aromatic rings. The second kappa shape index (κ2) is 5.40. The molecule has 0 aliphatic heterocycles. The Bertz CT molecular complexity index is 399. The smallest absolute Gasteiger partial charge is 0.302 e. The Morgan fingerprint density at radius 2 is 2.26 bits per heavy atom. The van der Waals surface area contributed by atoms with Gasteiger partial charge in [0.15, 0.2) is 0 Å². The van der Waals surface area contributed by atoms with Crippen LogP contribution in [-0.2, 0) is 14.3 Å². The van der Waals surface area contributed by atoms with Gasteiger partial charge in [0.1, 0.15) is 12.2 Å². The first-order chi connectivity index (χ1) is 9.02. The lowest BCUT2D eigenvalue weighted by Gasteiger charge is -2.41. The van der Waals surface area contributed by atoms with Gasteiger partial charge in [0.2, 0.25) is 0 Å². The zero-order chi connectivity index (χ0) is 14.0. The zero-order valence-corrected chi connectivity index (χ0v) is 12.1. The molecule has 3 heteroatoms. The summed E-state index contributed by atoms with van der Waals surface area (Å²) in [5.41, 5.74) is 1.44. The van der Waals surface area contributed by atoms with E-state index in [0.29, 0.717) is 5.92 Å². The summed E-state index contributed by atoms with van der Waals surface area (Å²) in [6.45, 7) is 9.51. The van der Waals surface area contributed by atoms with Crippen LogP contribution in [0.2, 0.25) is 0 Å². The summed E-state index contributed by atoms with van der Waals surface area (Å²) in [6.07, 6.45) is 7.95. The maximum Gasteiger partial charge on any atom is 0.302 e. The van der Waals surface area contributed by atoms with E-state index in [1.165, 1.54) is 18.8 Å². The zero-order valence-electron chi connectivity index (χ0n) is 12.1. The van der Waals surface area contributed by atoms with Crippen LogP contribution in [0.25, 0.3) is 0 Å². The summed E-state index contributed by atoms with van der Waals surface area (Å²) in [6, 6.07) is 0. The van der Waals surface area contributed by atoms with Crippen molar-refractivity contribution in [3.63, 3.8) is 0 Å². The molecule has 19 heavy (non-hydrogen) atoms. The highest BCUT2D eigenvalue weighted by Crippen LogP contribution is 2.56. The van der Waals surface area contributed by atoms with Crippen LogP contribution in [0.15, 0.2) is 24.5 Å². The summed E-state index contributed by atoms with van der Waals surface area (Å²) >= 11 is 0. The maximum absolute atomic E-state index is 11.3. The third kappa shape index (κ3) is 2.43. The number of fused-ring (bicyclic) bond motifs is 1. The van der Waals surface area contributed by atoms with Gasteiger partial charge in [-0.2, -0.15) is 0 Å². The van der Waals surface area contributed by atoms with Crippen molar-refractivity contribution >= 4 is 5.97 Å². The van der Waals surface area contributed by atoms with Gasteiger partial charge < -0.3 is 9.47 Å². The van der Waals surface area contributed by atoms with Gasteiger partial charge in [-0.1, -0.05) is 19.6 Å². The number of rotatable bonds is 3. The van der Waals surface area contributed by atoms with Crippen LogP contribution < -0.4 is 0 Å². The van der Waals surface area contributed by atoms with Gasteiger partial charge in [-0.05, 0) is 43.6 Å². The van der Waals surface area contributed by atoms with Crippen molar-refractivity contribution in [2.24, 2.45) is 11.3 Å². The molecular weight excluding hydrogens is 240 g/mol. The third-order valence-corrected chi connectivity index (χ3v) is 4.82. The molecule has 0 saturated heterocycles. The van der Waals surface area contributed by atoms with Gasteiger partial charge in [-0.3, -0.25) is 4.79 Å². The van der Waals surface area contributed by atoms with Crippen molar-refractivity contribution in [3.05, 3.63) is 24.5 Å². The minimum atomic E-state index is -0.177. The van der Waals surface area contributed by atoms with Crippen LogP contribution >= 0.6 is 0 Å². The molecule has 2 fully saturated rings. The number of esters is 1.